The molecular weight excluding hydrogens is 502 g/mol. The van der Waals surface area contributed by atoms with Crippen LogP contribution >= 0.6 is 15.9 Å². The second-order valence-electron chi connectivity index (χ2n) is 8.43. The average Bonchev–Trinajstić information content (AvgIpc) is 3.06. The molecule has 0 aromatic heterocycles. The van der Waals surface area contributed by atoms with E-state index in [0.29, 0.717) is 45.5 Å². The number of nitro groups is 1. The minimum absolute atomic E-state index is 0.0254. The van der Waals surface area contributed by atoms with Crippen molar-refractivity contribution in [3.05, 3.63) is 84.8 Å². The molecule has 0 saturated heterocycles. The number of allylic oxidation sites excluding steroid dienone is 1. The third-order valence-corrected chi connectivity index (χ3v) is 7.13. The number of aryl methyl sites for hydroxylation is 1. The Morgan fingerprint density at radius 3 is 2.71 bits per heavy atom. The third-order valence-electron chi connectivity index (χ3n) is 6.63. The minimum Gasteiger partial charge on any atom is -0.384 e. The number of halogens is 1. The fourth-order valence-electron chi connectivity index (χ4n) is 5.19. The first-order valence-electron chi connectivity index (χ1n) is 10.6. The fourth-order valence-corrected chi connectivity index (χ4v) is 5.55. The van der Waals surface area contributed by atoms with Gasteiger partial charge in [-0.15, -0.1) is 0 Å². The van der Waals surface area contributed by atoms with E-state index in [1.807, 2.05) is 0 Å². The van der Waals surface area contributed by atoms with Crippen molar-refractivity contribution in [2.24, 2.45) is 5.73 Å². The lowest BCUT2D eigenvalue weighted by atomic mass is 9.64. The van der Waals surface area contributed by atoms with Crippen LogP contribution in [0, 0.1) is 28.4 Å². The predicted octanol–water partition coefficient (Wildman–Crippen LogP) is 4.08. The van der Waals surface area contributed by atoms with E-state index in [4.69, 9.17) is 5.73 Å². The first-order chi connectivity index (χ1) is 16.2. The Morgan fingerprint density at radius 2 is 2.00 bits per heavy atom. The number of hydrogen-bond donors (Lipinski definition) is 2. The number of nitrogens with zero attached hydrogens (tertiary/aromatic N) is 3. The zero-order valence-electron chi connectivity index (χ0n) is 18.0. The zero-order chi connectivity index (χ0) is 24.4. The van der Waals surface area contributed by atoms with E-state index >= 15 is 0 Å². The van der Waals surface area contributed by atoms with Gasteiger partial charge in [0.2, 0.25) is 5.91 Å². The molecule has 0 saturated carbocycles. The molecule has 1 amide bonds. The molecule has 9 nitrogen and oxygen atoms in total. The summed E-state index contributed by atoms with van der Waals surface area (Å²) in [6.07, 6.45) is 1.17. The number of carbonyl (C=O) groups is 2. The molecule has 170 valence electrons. The molecule has 3 N–H and O–H groups in total. The van der Waals surface area contributed by atoms with Crippen molar-refractivity contribution in [1.29, 1.82) is 5.26 Å². The first kappa shape index (κ1) is 21.9. The average molecular weight is 520 g/mol. The summed E-state index contributed by atoms with van der Waals surface area (Å²) in [7, 11) is 0. The van der Waals surface area contributed by atoms with Gasteiger partial charge in [-0.25, -0.2) is 0 Å². The van der Waals surface area contributed by atoms with E-state index in [9.17, 15) is 25.0 Å². The van der Waals surface area contributed by atoms with Gasteiger partial charge in [-0.2, -0.15) is 5.26 Å². The van der Waals surface area contributed by atoms with Crippen LogP contribution in [0.1, 0.15) is 30.4 Å². The fraction of sp³-hybridized carbons (Fsp3) is 0.208. The summed E-state index contributed by atoms with van der Waals surface area (Å²) >= 11 is 3.43. The highest BCUT2D eigenvalue weighted by Gasteiger charge is 2.60. The van der Waals surface area contributed by atoms with Crippen molar-refractivity contribution in [3.8, 4) is 6.07 Å². The number of ketones is 1. The maximum Gasteiger partial charge on any atom is 0.271 e. The van der Waals surface area contributed by atoms with Gasteiger partial charge in [0.15, 0.2) is 5.78 Å². The highest BCUT2D eigenvalue weighted by Crippen LogP contribution is 2.55. The summed E-state index contributed by atoms with van der Waals surface area (Å²) in [5.41, 5.74) is 7.41. The minimum atomic E-state index is -1.68. The van der Waals surface area contributed by atoms with Gasteiger partial charge in [0.1, 0.15) is 17.3 Å². The molecule has 2 aromatic carbocycles. The van der Waals surface area contributed by atoms with Crippen LogP contribution in [0.5, 0.6) is 0 Å². The second kappa shape index (κ2) is 7.53. The van der Waals surface area contributed by atoms with Crippen LogP contribution in [0.4, 0.5) is 17.1 Å². The molecule has 10 heteroatoms. The first-order valence-corrected chi connectivity index (χ1v) is 11.3. The number of hydrogen-bond acceptors (Lipinski definition) is 7. The topological polar surface area (TPSA) is 142 Å². The Kier molecular flexibility index (Phi) is 4.84. The molecule has 3 aliphatic rings. The van der Waals surface area contributed by atoms with Crippen molar-refractivity contribution >= 4 is 44.7 Å². The van der Waals surface area contributed by atoms with E-state index in [1.165, 1.54) is 12.1 Å². The Bertz CT molecular complexity index is 1440. The summed E-state index contributed by atoms with van der Waals surface area (Å²) in [5, 5.41) is 24.6. The molecule has 1 atom stereocenters. The molecule has 5 rings (SSSR count). The van der Waals surface area contributed by atoms with Crippen molar-refractivity contribution in [3.63, 3.8) is 0 Å². The largest absolute Gasteiger partial charge is 0.384 e. The van der Waals surface area contributed by atoms with Gasteiger partial charge in [0, 0.05) is 45.5 Å². The number of anilines is 2. The van der Waals surface area contributed by atoms with Crippen LogP contribution < -0.4 is 16.0 Å². The molecule has 0 radical (unpaired) electrons. The molecule has 34 heavy (non-hydrogen) atoms. The monoisotopic (exact) mass is 519 g/mol. The number of non-ortho nitro benzene ring substituents is 1. The Hall–Kier alpha value is -3.97. The second-order valence-corrected chi connectivity index (χ2v) is 9.34. The number of amides is 1. The molecule has 1 unspecified atom stereocenters. The van der Waals surface area contributed by atoms with Crippen molar-refractivity contribution in [2.45, 2.75) is 31.6 Å². The molecule has 0 bridgehead atoms. The predicted molar refractivity (Wildman–Crippen MR) is 127 cm³/mol. The smallest absolute Gasteiger partial charge is 0.271 e. The number of benzene rings is 2. The normalized spacial score (nSPS) is 21.4. The summed E-state index contributed by atoms with van der Waals surface area (Å²) < 4.78 is 0.681. The van der Waals surface area contributed by atoms with E-state index in [1.54, 1.807) is 36.1 Å². The van der Waals surface area contributed by atoms with Gasteiger partial charge in [0.05, 0.1) is 16.2 Å². The van der Waals surface area contributed by atoms with Crippen LogP contribution in [0.2, 0.25) is 0 Å². The zero-order valence-corrected chi connectivity index (χ0v) is 19.6. The number of rotatable bonds is 2. The number of nitrogens with two attached hydrogens (primary N) is 1. The highest BCUT2D eigenvalue weighted by molar-refractivity contribution is 9.10. The number of fused-ring (bicyclic) bond motifs is 3. The van der Waals surface area contributed by atoms with Crippen molar-refractivity contribution in [1.82, 2.24) is 0 Å². The number of carbonyl (C=O) groups excluding carboxylic acids is 2. The molecule has 1 aliphatic carbocycles. The number of Topliss-reactive ketones (excluding diaryl/α,β-unsaturated/α-hetero) is 1. The lowest BCUT2D eigenvalue weighted by Gasteiger charge is -2.43. The van der Waals surface area contributed by atoms with Gasteiger partial charge < -0.3 is 11.1 Å². The highest BCUT2D eigenvalue weighted by atomic mass is 79.9. The van der Waals surface area contributed by atoms with E-state index < -0.39 is 16.2 Å². The maximum absolute atomic E-state index is 13.6. The number of nitro benzene ring substituents is 1. The van der Waals surface area contributed by atoms with Gasteiger partial charge in [-0.05, 0) is 43.5 Å². The summed E-state index contributed by atoms with van der Waals surface area (Å²) in [6, 6.07) is 11.6. The molecule has 2 aliphatic heterocycles. The SMILES string of the molecule is Cc1ccc([N+](=O)[O-])cc1N1C(N)=C(C#N)C2(C(=O)Nc3ccc(Br)cc32)C2=C1CCCC2=O. The summed E-state index contributed by atoms with van der Waals surface area (Å²) in [5.74, 6) is -0.793. The van der Waals surface area contributed by atoms with Crippen LogP contribution in [0.3, 0.4) is 0 Å². The van der Waals surface area contributed by atoms with Crippen molar-refractivity contribution < 1.29 is 14.5 Å². The number of nitrogens with one attached hydrogen (secondary N) is 1. The van der Waals surface area contributed by atoms with Crippen LogP contribution in [-0.2, 0) is 15.0 Å². The molecule has 1 spiro atoms. The Morgan fingerprint density at radius 1 is 1.24 bits per heavy atom. The Labute approximate surface area is 202 Å². The van der Waals surface area contributed by atoms with Gasteiger partial charge >= 0.3 is 0 Å². The van der Waals surface area contributed by atoms with Crippen LogP contribution in [0.15, 0.2) is 63.5 Å². The van der Waals surface area contributed by atoms with Crippen LogP contribution in [-0.4, -0.2) is 16.6 Å². The molecule has 2 heterocycles. The third kappa shape index (κ3) is 2.77. The lowest BCUT2D eigenvalue weighted by molar-refractivity contribution is -0.384. The lowest BCUT2D eigenvalue weighted by Crippen LogP contribution is -2.50. The summed E-state index contributed by atoms with van der Waals surface area (Å²) in [4.78, 5) is 39.6. The van der Waals surface area contributed by atoms with E-state index in [-0.39, 0.29) is 34.9 Å². The maximum atomic E-state index is 13.6. The van der Waals surface area contributed by atoms with Gasteiger partial charge in [0.25, 0.3) is 5.69 Å². The molecular formula is C24H18BrN5O4. The standard InChI is InChI=1S/C24H18BrN5O4/c1-12-5-7-14(30(33)34)10-19(12)29-18-3-2-4-20(31)21(18)24(16(11-26)22(29)27)15-9-13(25)6-8-17(15)28-23(24)32/h5-10H,2-4,27H2,1H3,(H,28,32). The van der Waals surface area contributed by atoms with Gasteiger partial charge in [-0.3, -0.25) is 24.6 Å². The number of nitriles is 1. The molecule has 2 aromatic rings. The van der Waals surface area contributed by atoms with E-state index in [0.717, 1.165) is 0 Å². The summed E-state index contributed by atoms with van der Waals surface area (Å²) in [6.45, 7) is 1.77. The quantitative estimate of drug-likeness (QED) is 0.449. The molecule has 0 fully saturated rings. The van der Waals surface area contributed by atoms with E-state index in [2.05, 4.69) is 27.3 Å². The Balaban J connectivity index is 1.89. The van der Waals surface area contributed by atoms with Crippen molar-refractivity contribution in [2.75, 3.05) is 10.2 Å². The van der Waals surface area contributed by atoms with Gasteiger partial charge in [-0.1, -0.05) is 22.0 Å². The van der Waals surface area contributed by atoms with Crippen LogP contribution in [0.25, 0.3) is 0 Å².